The fraction of sp³-hybridized carbons (Fsp3) is 0.400. The first-order valence-corrected chi connectivity index (χ1v) is 11.2. The zero-order valence-corrected chi connectivity index (χ0v) is 16.6. The van der Waals surface area contributed by atoms with Gasteiger partial charge in [0.2, 0.25) is 10.0 Å². The average Bonchev–Trinajstić information content (AvgIpc) is 2.93. The number of hydrogen-bond donors (Lipinski definition) is 0. The molecule has 1 aromatic heterocycles. The van der Waals surface area contributed by atoms with Crippen molar-refractivity contribution >= 4 is 25.7 Å². The van der Waals surface area contributed by atoms with Gasteiger partial charge in [-0.25, -0.2) is 21.8 Å². The third-order valence-corrected chi connectivity index (χ3v) is 8.11. The number of nitrogens with zero attached hydrogens (tertiary/aromatic N) is 5. The molecule has 0 unspecified atom stereocenters. The van der Waals surface area contributed by atoms with Gasteiger partial charge >= 0.3 is 0 Å². The summed E-state index contributed by atoms with van der Waals surface area (Å²) in [5.41, 5.74) is -0.510. The summed E-state index contributed by atoms with van der Waals surface area (Å²) in [6.07, 6.45) is 3.00. The van der Waals surface area contributed by atoms with E-state index in [1.165, 1.54) is 39.6 Å². The summed E-state index contributed by atoms with van der Waals surface area (Å²) in [5.74, 6) is 0. The Kier molecular flexibility index (Phi) is 5.52. The van der Waals surface area contributed by atoms with Crippen molar-refractivity contribution in [2.75, 3.05) is 26.2 Å². The van der Waals surface area contributed by atoms with Crippen LogP contribution in [-0.4, -0.2) is 66.1 Å². The highest BCUT2D eigenvalue weighted by molar-refractivity contribution is 7.89. The Morgan fingerprint density at radius 2 is 1.61 bits per heavy atom. The van der Waals surface area contributed by atoms with Crippen molar-refractivity contribution in [1.82, 2.24) is 18.2 Å². The Hall–Kier alpha value is -2.35. The first-order chi connectivity index (χ1) is 13.1. The third kappa shape index (κ3) is 3.78. The molecule has 0 spiro atoms. The molecule has 0 N–H and O–H groups in total. The van der Waals surface area contributed by atoms with Crippen molar-refractivity contribution in [3.8, 4) is 0 Å². The molecule has 1 aliphatic heterocycles. The largest absolute Gasteiger partial charge is 0.339 e. The molecule has 28 heavy (non-hydrogen) atoms. The molecule has 0 aliphatic carbocycles. The number of aromatic nitrogens is 2. The van der Waals surface area contributed by atoms with Crippen LogP contribution in [0.5, 0.6) is 0 Å². The minimum atomic E-state index is -4.14. The Morgan fingerprint density at radius 3 is 2.18 bits per heavy atom. The first kappa shape index (κ1) is 20.4. The number of nitro groups is 1. The topological polar surface area (TPSA) is 136 Å². The van der Waals surface area contributed by atoms with E-state index in [9.17, 15) is 26.9 Å². The highest BCUT2D eigenvalue weighted by Gasteiger charge is 2.35. The number of hydrogen-bond acceptors (Lipinski definition) is 7. The Balaban J connectivity index is 1.85. The van der Waals surface area contributed by atoms with E-state index >= 15 is 0 Å². The molecule has 0 saturated carbocycles. The molecule has 11 nitrogen and oxygen atoms in total. The van der Waals surface area contributed by atoms with Gasteiger partial charge in [-0.05, 0) is 12.5 Å². The van der Waals surface area contributed by atoms with Gasteiger partial charge in [0.15, 0.2) is 9.92 Å². The van der Waals surface area contributed by atoms with Gasteiger partial charge in [0.05, 0.1) is 11.3 Å². The van der Waals surface area contributed by atoms with E-state index in [0.717, 1.165) is 10.4 Å². The molecule has 0 amide bonds. The van der Waals surface area contributed by atoms with Crippen LogP contribution in [0.3, 0.4) is 0 Å². The molecule has 1 aliphatic rings. The summed E-state index contributed by atoms with van der Waals surface area (Å²) in [6.45, 7) is 0.00362. The van der Waals surface area contributed by atoms with E-state index in [1.807, 2.05) is 0 Å². The smallest absolute Gasteiger partial charge is 0.289 e. The van der Waals surface area contributed by atoms with E-state index in [1.54, 1.807) is 7.05 Å². The molecule has 1 fully saturated rings. The Labute approximate surface area is 162 Å². The standard InChI is InChI=1S/C15H19N5O6S2/c1-17-11-15(16-12-17)28(25,26)19-8-4-7-18(9-10-19)27(23,24)14-6-3-2-5-13(14)20(21)22/h2-3,5-6,11-12H,4,7-10H2,1H3. The predicted octanol–water partition coefficient (Wildman–Crippen LogP) is 0.414. The fourth-order valence-electron chi connectivity index (χ4n) is 2.97. The molecule has 0 atom stereocenters. The zero-order valence-electron chi connectivity index (χ0n) is 15.0. The van der Waals surface area contributed by atoms with Gasteiger partial charge in [0, 0.05) is 45.5 Å². The molecule has 13 heteroatoms. The summed E-state index contributed by atoms with van der Waals surface area (Å²) in [4.78, 5) is 13.9. The van der Waals surface area contributed by atoms with Crippen molar-refractivity contribution in [1.29, 1.82) is 0 Å². The van der Waals surface area contributed by atoms with E-state index in [-0.39, 0.29) is 37.6 Å². The van der Waals surface area contributed by atoms with Crippen LogP contribution in [0.2, 0.25) is 0 Å². The SMILES string of the molecule is Cn1cnc(S(=O)(=O)N2CCCN(S(=O)(=O)c3ccccc3[N+](=O)[O-])CC2)c1. The summed E-state index contributed by atoms with van der Waals surface area (Å²) in [5, 5.41) is 11.1. The molecule has 2 aromatic rings. The molecule has 1 saturated heterocycles. The number of imidazole rings is 1. The maximum absolute atomic E-state index is 12.9. The maximum atomic E-state index is 12.9. The summed E-state index contributed by atoms with van der Waals surface area (Å²) in [7, 11) is -6.34. The lowest BCUT2D eigenvalue weighted by Gasteiger charge is -2.21. The van der Waals surface area contributed by atoms with Gasteiger partial charge in [0.25, 0.3) is 15.7 Å². The van der Waals surface area contributed by atoms with Crippen LogP contribution in [0.4, 0.5) is 5.69 Å². The minimum absolute atomic E-state index is 0.0582. The third-order valence-electron chi connectivity index (χ3n) is 4.38. The maximum Gasteiger partial charge on any atom is 0.289 e. The highest BCUT2D eigenvalue weighted by Crippen LogP contribution is 2.27. The highest BCUT2D eigenvalue weighted by atomic mass is 32.2. The van der Waals surface area contributed by atoms with Crippen molar-refractivity contribution in [3.05, 3.63) is 46.9 Å². The van der Waals surface area contributed by atoms with Crippen molar-refractivity contribution < 1.29 is 21.8 Å². The number of aryl methyl sites for hydroxylation is 1. The lowest BCUT2D eigenvalue weighted by molar-refractivity contribution is -0.387. The summed E-state index contributed by atoms with van der Waals surface area (Å²) in [6, 6.07) is 5.11. The molecule has 2 heterocycles. The van der Waals surface area contributed by atoms with Crippen LogP contribution >= 0.6 is 0 Å². The van der Waals surface area contributed by atoms with E-state index in [0.29, 0.717) is 0 Å². The van der Waals surface area contributed by atoms with Gasteiger partial charge in [-0.2, -0.15) is 8.61 Å². The van der Waals surface area contributed by atoms with Gasteiger partial charge in [-0.1, -0.05) is 12.1 Å². The summed E-state index contributed by atoms with van der Waals surface area (Å²) >= 11 is 0. The predicted molar refractivity (Wildman–Crippen MR) is 98.4 cm³/mol. The quantitative estimate of drug-likeness (QED) is 0.496. The van der Waals surface area contributed by atoms with Gasteiger partial charge < -0.3 is 4.57 Å². The number of rotatable bonds is 5. The second kappa shape index (κ2) is 7.58. The molecule has 0 radical (unpaired) electrons. The lowest BCUT2D eigenvalue weighted by Crippen LogP contribution is -2.37. The number of sulfonamides is 2. The van der Waals surface area contributed by atoms with Crippen LogP contribution in [0.25, 0.3) is 0 Å². The van der Waals surface area contributed by atoms with Crippen LogP contribution < -0.4 is 0 Å². The van der Waals surface area contributed by atoms with Crippen LogP contribution in [0.1, 0.15) is 6.42 Å². The zero-order chi connectivity index (χ0) is 20.5. The van der Waals surface area contributed by atoms with Crippen LogP contribution in [0, 0.1) is 10.1 Å². The monoisotopic (exact) mass is 429 g/mol. The molecular formula is C15H19N5O6S2. The summed E-state index contributed by atoms with van der Waals surface area (Å²) < 4.78 is 55.1. The van der Waals surface area contributed by atoms with E-state index < -0.39 is 35.6 Å². The van der Waals surface area contributed by atoms with Crippen LogP contribution in [-0.2, 0) is 27.1 Å². The van der Waals surface area contributed by atoms with Crippen molar-refractivity contribution in [2.24, 2.45) is 7.05 Å². The minimum Gasteiger partial charge on any atom is -0.339 e. The average molecular weight is 429 g/mol. The molecule has 152 valence electrons. The Morgan fingerprint density at radius 1 is 1.00 bits per heavy atom. The van der Waals surface area contributed by atoms with E-state index in [4.69, 9.17) is 0 Å². The van der Waals surface area contributed by atoms with Crippen LogP contribution in [0.15, 0.2) is 46.7 Å². The van der Waals surface area contributed by atoms with Gasteiger partial charge in [-0.3, -0.25) is 10.1 Å². The number of para-hydroxylation sites is 1. The normalized spacial score (nSPS) is 17.3. The molecule has 1 aromatic carbocycles. The second-order valence-corrected chi connectivity index (χ2v) is 10.1. The number of benzene rings is 1. The second-order valence-electron chi connectivity index (χ2n) is 6.26. The van der Waals surface area contributed by atoms with Crippen molar-refractivity contribution in [2.45, 2.75) is 16.3 Å². The molecule has 0 bridgehead atoms. The first-order valence-electron chi connectivity index (χ1n) is 8.36. The van der Waals surface area contributed by atoms with E-state index in [2.05, 4.69) is 4.98 Å². The number of nitro benzene ring substituents is 1. The lowest BCUT2D eigenvalue weighted by atomic mass is 10.3. The molecular weight excluding hydrogens is 410 g/mol. The Bertz CT molecular complexity index is 1100. The fourth-order valence-corrected chi connectivity index (χ4v) is 6.03. The van der Waals surface area contributed by atoms with Gasteiger partial charge in [-0.15, -0.1) is 0 Å². The van der Waals surface area contributed by atoms with Crippen molar-refractivity contribution in [3.63, 3.8) is 0 Å². The van der Waals surface area contributed by atoms with Gasteiger partial charge in [0.1, 0.15) is 0 Å². The molecule has 3 rings (SSSR count).